The highest BCUT2D eigenvalue weighted by Crippen LogP contribution is 2.25. The van der Waals surface area contributed by atoms with Crippen LogP contribution in [0, 0.1) is 11.8 Å². The Bertz CT molecular complexity index is 488. The molecule has 0 aromatic heterocycles. The molecule has 0 aliphatic carbocycles. The van der Waals surface area contributed by atoms with Gasteiger partial charge in [-0.2, -0.15) is 0 Å². The van der Waals surface area contributed by atoms with Crippen molar-refractivity contribution in [3.63, 3.8) is 0 Å². The SMILES string of the molecule is CCCC(CN(CC)CC(C)C)C(=O)c1ccc(Cl)c(Cl)c1. The van der Waals surface area contributed by atoms with Gasteiger partial charge in [0, 0.05) is 24.6 Å². The molecule has 0 fully saturated rings. The fourth-order valence-electron chi connectivity index (χ4n) is 2.70. The fourth-order valence-corrected chi connectivity index (χ4v) is 3.00. The number of carbonyl (C=O) groups is 1. The molecule has 124 valence electrons. The van der Waals surface area contributed by atoms with E-state index in [1.807, 2.05) is 0 Å². The summed E-state index contributed by atoms with van der Waals surface area (Å²) in [6, 6.07) is 5.16. The first-order chi connectivity index (χ1) is 10.4. The number of rotatable bonds is 9. The molecule has 1 unspecified atom stereocenters. The number of carbonyl (C=O) groups excluding carboxylic acids is 1. The molecular formula is C18H27Cl2NO. The van der Waals surface area contributed by atoms with Gasteiger partial charge in [-0.1, -0.05) is 57.3 Å². The summed E-state index contributed by atoms with van der Waals surface area (Å²) >= 11 is 12.0. The summed E-state index contributed by atoms with van der Waals surface area (Å²) in [6.07, 6.45) is 1.89. The highest BCUT2D eigenvalue weighted by atomic mass is 35.5. The topological polar surface area (TPSA) is 20.3 Å². The van der Waals surface area contributed by atoms with Crippen molar-refractivity contribution < 1.29 is 4.79 Å². The van der Waals surface area contributed by atoms with Gasteiger partial charge in [0.05, 0.1) is 10.0 Å². The van der Waals surface area contributed by atoms with Gasteiger partial charge < -0.3 is 4.90 Å². The minimum Gasteiger partial charge on any atom is -0.303 e. The van der Waals surface area contributed by atoms with E-state index in [1.165, 1.54) is 0 Å². The van der Waals surface area contributed by atoms with Crippen molar-refractivity contribution in [2.24, 2.45) is 11.8 Å². The van der Waals surface area contributed by atoms with Crippen molar-refractivity contribution in [2.75, 3.05) is 19.6 Å². The second-order valence-electron chi connectivity index (χ2n) is 6.22. The van der Waals surface area contributed by atoms with Crippen molar-refractivity contribution in [1.29, 1.82) is 0 Å². The van der Waals surface area contributed by atoms with Gasteiger partial charge >= 0.3 is 0 Å². The van der Waals surface area contributed by atoms with Gasteiger partial charge in [-0.25, -0.2) is 0 Å². The van der Waals surface area contributed by atoms with Crippen LogP contribution in [0.3, 0.4) is 0 Å². The van der Waals surface area contributed by atoms with Crippen molar-refractivity contribution in [2.45, 2.75) is 40.5 Å². The summed E-state index contributed by atoms with van der Waals surface area (Å²) in [6.45, 7) is 11.5. The molecule has 4 heteroatoms. The maximum atomic E-state index is 12.8. The maximum absolute atomic E-state index is 12.8. The smallest absolute Gasteiger partial charge is 0.167 e. The van der Waals surface area contributed by atoms with Crippen LogP contribution in [0.1, 0.15) is 50.9 Å². The van der Waals surface area contributed by atoms with Crippen LogP contribution in [0.15, 0.2) is 18.2 Å². The highest BCUT2D eigenvalue weighted by molar-refractivity contribution is 6.42. The molecular weight excluding hydrogens is 317 g/mol. The zero-order valence-electron chi connectivity index (χ0n) is 14.0. The van der Waals surface area contributed by atoms with Crippen LogP contribution >= 0.6 is 23.2 Å². The van der Waals surface area contributed by atoms with Crippen LogP contribution in [-0.4, -0.2) is 30.3 Å². The normalized spacial score (nSPS) is 12.9. The summed E-state index contributed by atoms with van der Waals surface area (Å²) in [7, 11) is 0. The van der Waals surface area contributed by atoms with Gasteiger partial charge in [-0.3, -0.25) is 4.79 Å². The molecule has 0 spiro atoms. The average Bonchev–Trinajstić information content (AvgIpc) is 2.47. The van der Waals surface area contributed by atoms with Gasteiger partial charge in [-0.15, -0.1) is 0 Å². The fraction of sp³-hybridized carbons (Fsp3) is 0.611. The Morgan fingerprint density at radius 3 is 2.32 bits per heavy atom. The summed E-state index contributed by atoms with van der Waals surface area (Å²) < 4.78 is 0. The Morgan fingerprint density at radius 1 is 1.14 bits per heavy atom. The number of nitrogens with zero attached hydrogens (tertiary/aromatic N) is 1. The van der Waals surface area contributed by atoms with Crippen LogP contribution < -0.4 is 0 Å². The number of ketones is 1. The van der Waals surface area contributed by atoms with Gasteiger partial charge in [0.25, 0.3) is 0 Å². The van der Waals surface area contributed by atoms with Gasteiger partial charge in [0.1, 0.15) is 0 Å². The molecule has 0 aliphatic heterocycles. The Labute approximate surface area is 144 Å². The Balaban J connectivity index is 2.88. The largest absolute Gasteiger partial charge is 0.303 e. The van der Waals surface area contributed by atoms with Crippen LogP contribution in [0.2, 0.25) is 10.0 Å². The molecule has 0 aliphatic rings. The lowest BCUT2D eigenvalue weighted by Crippen LogP contribution is -2.35. The number of benzene rings is 1. The molecule has 0 saturated carbocycles. The standard InChI is InChI=1S/C18H27Cl2NO/c1-5-7-15(12-21(6-2)11-13(3)4)18(22)14-8-9-16(19)17(20)10-14/h8-10,13,15H,5-7,11-12H2,1-4H3. The zero-order chi connectivity index (χ0) is 16.7. The van der Waals surface area contributed by atoms with Crippen molar-refractivity contribution in [1.82, 2.24) is 4.90 Å². The Kier molecular flexibility index (Phi) is 8.45. The van der Waals surface area contributed by atoms with E-state index in [0.717, 1.165) is 32.5 Å². The van der Waals surface area contributed by atoms with Crippen LogP contribution in [0.5, 0.6) is 0 Å². The van der Waals surface area contributed by atoms with E-state index >= 15 is 0 Å². The lowest BCUT2D eigenvalue weighted by molar-refractivity contribution is 0.0866. The van der Waals surface area contributed by atoms with E-state index < -0.39 is 0 Å². The van der Waals surface area contributed by atoms with E-state index in [-0.39, 0.29) is 11.7 Å². The van der Waals surface area contributed by atoms with E-state index in [4.69, 9.17) is 23.2 Å². The van der Waals surface area contributed by atoms with Gasteiger partial charge in [0.15, 0.2) is 5.78 Å². The molecule has 0 saturated heterocycles. The van der Waals surface area contributed by atoms with E-state index in [2.05, 4.69) is 32.6 Å². The summed E-state index contributed by atoms with van der Waals surface area (Å²) in [5.41, 5.74) is 0.661. The quantitative estimate of drug-likeness (QED) is 0.546. The molecule has 0 radical (unpaired) electrons. The highest BCUT2D eigenvalue weighted by Gasteiger charge is 2.22. The second kappa shape index (κ2) is 9.54. The lowest BCUT2D eigenvalue weighted by atomic mass is 9.92. The molecule has 1 rings (SSSR count). The molecule has 1 aromatic carbocycles. The van der Waals surface area contributed by atoms with Crippen LogP contribution in [0.25, 0.3) is 0 Å². The van der Waals surface area contributed by atoms with Crippen LogP contribution in [0.4, 0.5) is 0 Å². The molecule has 0 bridgehead atoms. The molecule has 1 aromatic rings. The zero-order valence-corrected chi connectivity index (χ0v) is 15.5. The van der Waals surface area contributed by atoms with Gasteiger partial charge in [0.2, 0.25) is 0 Å². The molecule has 0 N–H and O–H groups in total. The number of Topliss-reactive ketones (excluding diaryl/α,β-unsaturated/α-hetero) is 1. The predicted octanol–water partition coefficient (Wildman–Crippen LogP) is 5.57. The second-order valence-corrected chi connectivity index (χ2v) is 7.04. The van der Waals surface area contributed by atoms with Gasteiger partial charge in [-0.05, 0) is 37.1 Å². The van der Waals surface area contributed by atoms with E-state index in [1.54, 1.807) is 18.2 Å². The molecule has 2 nitrogen and oxygen atoms in total. The first-order valence-corrected chi connectivity index (χ1v) is 8.86. The first-order valence-electron chi connectivity index (χ1n) is 8.10. The van der Waals surface area contributed by atoms with Crippen molar-refractivity contribution >= 4 is 29.0 Å². The minimum absolute atomic E-state index is 0.0148. The lowest BCUT2D eigenvalue weighted by Gasteiger charge is -2.27. The third kappa shape index (κ3) is 5.91. The summed E-state index contributed by atoms with van der Waals surface area (Å²) in [5.74, 6) is 0.783. The maximum Gasteiger partial charge on any atom is 0.167 e. The number of halogens is 2. The molecule has 1 atom stereocenters. The van der Waals surface area contributed by atoms with E-state index in [9.17, 15) is 4.79 Å². The minimum atomic E-state index is 0.0148. The molecule has 22 heavy (non-hydrogen) atoms. The molecule has 0 heterocycles. The summed E-state index contributed by atoms with van der Waals surface area (Å²) in [4.78, 5) is 15.2. The predicted molar refractivity (Wildman–Crippen MR) is 96.1 cm³/mol. The Hall–Kier alpha value is -0.570. The summed E-state index contributed by atoms with van der Waals surface area (Å²) in [5, 5.41) is 0.928. The first kappa shape index (κ1) is 19.5. The van der Waals surface area contributed by atoms with Crippen molar-refractivity contribution in [3.8, 4) is 0 Å². The van der Waals surface area contributed by atoms with Crippen LogP contribution in [-0.2, 0) is 0 Å². The number of hydrogen-bond donors (Lipinski definition) is 0. The average molecular weight is 344 g/mol. The monoisotopic (exact) mass is 343 g/mol. The third-order valence-electron chi connectivity index (χ3n) is 3.76. The third-order valence-corrected chi connectivity index (χ3v) is 4.50. The number of hydrogen-bond acceptors (Lipinski definition) is 2. The Morgan fingerprint density at radius 2 is 1.82 bits per heavy atom. The van der Waals surface area contributed by atoms with E-state index in [0.29, 0.717) is 21.5 Å². The molecule has 0 amide bonds. The van der Waals surface area contributed by atoms with Crippen molar-refractivity contribution in [3.05, 3.63) is 33.8 Å².